The van der Waals surface area contributed by atoms with Crippen molar-refractivity contribution >= 4 is 23.4 Å². The standard InChI is InChI=1S/C27H27FN2O6/c1-15-6-7-16(28)12-22(15)35-14-20-18(10-11-21-24(20)29-25(31)27(2,3)30-21)19-9-8-17(13-23(19)33-4)36-26(32)34-5/h6-13,30H,14H2,1-5H3,(H,29,31). The number of carbonyl (C=O) groups excluding carboxylic acids is 2. The van der Waals surface area contributed by atoms with E-state index in [1.807, 2.05) is 19.1 Å². The van der Waals surface area contributed by atoms with Crippen molar-refractivity contribution in [1.82, 2.24) is 0 Å². The Morgan fingerprint density at radius 3 is 2.47 bits per heavy atom. The number of rotatable bonds is 6. The van der Waals surface area contributed by atoms with Gasteiger partial charge in [-0.05, 0) is 56.2 Å². The number of anilines is 2. The lowest BCUT2D eigenvalue weighted by Crippen LogP contribution is -2.47. The maximum atomic E-state index is 13.9. The average molecular weight is 495 g/mol. The third-order valence-electron chi connectivity index (χ3n) is 5.92. The van der Waals surface area contributed by atoms with Crippen molar-refractivity contribution in [2.24, 2.45) is 0 Å². The van der Waals surface area contributed by atoms with Gasteiger partial charge in [0.25, 0.3) is 0 Å². The Balaban J connectivity index is 1.81. The third-order valence-corrected chi connectivity index (χ3v) is 5.92. The third kappa shape index (κ3) is 4.91. The van der Waals surface area contributed by atoms with Crippen molar-refractivity contribution in [3.8, 4) is 28.4 Å². The summed E-state index contributed by atoms with van der Waals surface area (Å²) >= 11 is 0. The summed E-state index contributed by atoms with van der Waals surface area (Å²) in [6, 6.07) is 13.0. The lowest BCUT2D eigenvalue weighted by molar-refractivity contribution is -0.119. The Bertz CT molecular complexity index is 1340. The van der Waals surface area contributed by atoms with E-state index in [9.17, 15) is 14.0 Å². The van der Waals surface area contributed by atoms with Gasteiger partial charge in [0.2, 0.25) is 5.91 Å². The topological polar surface area (TPSA) is 95.1 Å². The molecule has 3 aromatic carbocycles. The molecule has 4 rings (SSSR count). The van der Waals surface area contributed by atoms with Gasteiger partial charge in [0.15, 0.2) is 0 Å². The Labute approximate surface area is 208 Å². The normalized spacial score (nSPS) is 13.7. The zero-order chi connectivity index (χ0) is 26.0. The van der Waals surface area contributed by atoms with Crippen LogP contribution in [0.5, 0.6) is 17.2 Å². The molecule has 188 valence electrons. The summed E-state index contributed by atoms with van der Waals surface area (Å²) < 4.78 is 35.2. The smallest absolute Gasteiger partial charge is 0.496 e. The van der Waals surface area contributed by atoms with Gasteiger partial charge >= 0.3 is 6.16 Å². The average Bonchev–Trinajstić information content (AvgIpc) is 2.85. The Morgan fingerprint density at radius 2 is 1.75 bits per heavy atom. The van der Waals surface area contributed by atoms with Gasteiger partial charge in [0.1, 0.15) is 35.2 Å². The second kappa shape index (κ2) is 9.77. The summed E-state index contributed by atoms with van der Waals surface area (Å²) in [4.78, 5) is 24.3. The molecule has 0 unspecified atom stereocenters. The minimum absolute atomic E-state index is 0.0365. The molecular weight excluding hydrogens is 467 g/mol. The molecule has 0 saturated heterocycles. The molecular formula is C27H27FN2O6. The van der Waals surface area contributed by atoms with E-state index < -0.39 is 17.5 Å². The van der Waals surface area contributed by atoms with Gasteiger partial charge in [-0.25, -0.2) is 9.18 Å². The molecule has 0 bridgehead atoms. The molecule has 0 aromatic heterocycles. The van der Waals surface area contributed by atoms with Gasteiger partial charge in [0.05, 0.1) is 25.6 Å². The van der Waals surface area contributed by atoms with Crippen LogP contribution in [0.3, 0.4) is 0 Å². The fraction of sp³-hybridized carbons (Fsp3) is 0.259. The highest BCUT2D eigenvalue weighted by Crippen LogP contribution is 2.43. The molecule has 0 atom stereocenters. The van der Waals surface area contributed by atoms with E-state index in [2.05, 4.69) is 15.4 Å². The summed E-state index contributed by atoms with van der Waals surface area (Å²) in [6.07, 6.45) is -0.852. The van der Waals surface area contributed by atoms with Crippen LogP contribution in [0.4, 0.5) is 20.6 Å². The van der Waals surface area contributed by atoms with Crippen LogP contribution in [-0.4, -0.2) is 31.8 Å². The first kappa shape index (κ1) is 24.8. The highest BCUT2D eigenvalue weighted by atomic mass is 19.1. The molecule has 3 aromatic rings. The number of hydrogen-bond acceptors (Lipinski definition) is 7. The molecule has 2 N–H and O–H groups in total. The van der Waals surface area contributed by atoms with E-state index in [0.717, 1.165) is 11.3 Å². The first-order valence-corrected chi connectivity index (χ1v) is 11.2. The molecule has 0 spiro atoms. The first-order valence-electron chi connectivity index (χ1n) is 11.2. The zero-order valence-electron chi connectivity index (χ0n) is 20.7. The van der Waals surface area contributed by atoms with Crippen molar-refractivity contribution in [1.29, 1.82) is 0 Å². The minimum atomic E-state index is -0.852. The molecule has 9 heteroatoms. The number of methoxy groups -OCH3 is 2. The van der Waals surface area contributed by atoms with Crippen LogP contribution < -0.4 is 24.8 Å². The maximum Gasteiger partial charge on any atom is 0.513 e. The second-order valence-electron chi connectivity index (χ2n) is 8.84. The monoisotopic (exact) mass is 494 g/mol. The summed E-state index contributed by atoms with van der Waals surface area (Å²) in [5.41, 5.74) is 3.29. The van der Waals surface area contributed by atoms with Crippen molar-refractivity contribution < 1.29 is 32.9 Å². The molecule has 1 amide bonds. The van der Waals surface area contributed by atoms with E-state index in [0.29, 0.717) is 33.9 Å². The van der Waals surface area contributed by atoms with Crippen LogP contribution in [0.15, 0.2) is 48.5 Å². The molecule has 1 heterocycles. The van der Waals surface area contributed by atoms with Crippen LogP contribution in [0.1, 0.15) is 25.0 Å². The summed E-state index contributed by atoms with van der Waals surface area (Å²) in [7, 11) is 2.72. The van der Waals surface area contributed by atoms with E-state index in [4.69, 9.17) is 14.2 Å². The Kier molecular flexibility index (Phi) is 6.74. The number of fused-ring (bicyclic) bond motifs is 1. The van der Waals surface area contributed by atoms with Gasteiger partial charge < -0.3 is 29.6 Å². The van der Waals surface area contributed by atoms with E-state index in [-0.39, 0.29) is 18.3 Å². The minimum Gasteiger partial charge on any atom is -0.496 e. The summed E-state index contributed by atoms with van der Waals surface area (Å²) in [5.74, 6) is 0.442. The number of nitrogens with one attached hydrogen (secondary N) is 2. The van der Waals surface area contributed by atoms with Crippen LogP contribution in [-0.2, 0) is 16.1 Å². The predicted molar refractivity (Wildman–Crippen MR) is 133 cm³/mol. The first-order chi connectivity index (χ1) is 17.1. The lowest BCUT2D eigenvalue weighted by atomic mass is 9.92. The van der Waals surface area contributed by atoms with Crippen molar-refractivity contribution in [2.45, 2.75) is 32.9 Å². The van der Waals surface area contributed by atoms with Gasteiger partial charge in [-0.2, -0.15) is 0 Å². The quantitative estimate of drug-likeness (QED) is 0.336. The lowest BCUT2D eigenvalue weighted by Gasteiger charge is -2.34. The van der Waals surface area contributed by atoms with Gasteiger partial charge in [-0.3, -0.25) is 4.79 Å². The number of ether oxygens (including phenoxy) is 4. The number of carbonyl (C=O) groups is 2. The number of halogens is 1. The van der Waals surface area contributed by atoms with E-state index in [1.54, 1.807) is 38.1 Å². The zero-order valence-corrected chi connectivity index (χ0v) is 20.7. The SMILES string of the molecule is COC(=O)Oc1ccc(-c2ccc3c(c2COc2cc(F)ccc2C)NC(=O)C(C)(C)N3)c(OC)c1. The molecule has 1 aliphatic rings. The second-order valence-corrected chi connectivity index (χ2v) is 8.84. The van der Waals surface area contributed by atoms with Crippen LogP contribution in [0, 0.1) is 12.7 Å². The largest absolute Gasteiger partial charge is 0.513 e. The molecule has 8 nitrogen and oxygen atoms in total. The van der Waals surface area contributed by atoms with E-state index in [1.165, 1.54) is 26.4 Å². The van der Waals surface area contributed by atoms with Crippen LogP contribution in [0.25, 0.3) is 11.1 Å². The van der Waals surface area contributed by atoms with Gasteiger partial charge in [-0.1, -0.05) is 12.1 Å². The summed E-state index contributed by atoms with van der Waals surface area (Å²) in [5, 5.41) is 6.25. The molecule has 0 aliphatic carbocycles. The van der Waals surface area contributed by atoms with Gasteiger partial charge in [0, 0.05) is 23.3 Å². The number of benzene rings is 3. The Hall–Kier alpha value is -4.27. The van der Waals surface area contributed by atoms with Crippen molar-refractivity contribution in [3.63, 3.8) is 0 Å². The van der Waals surface area contributed by atoms with Crippen molar-refractivity contribution in [3.05, 3.63) is 65.5 Å². The van der Waals surface area contributed by atoms with Gasteiger partial charge in [-0.15, -0.1) is 0 Å². The van der Waals surface area contributed by atoms with E-state index >= 15 is 0 Å². The highest BCUT2D eigenvalue weighted by Gasteiger charge is 2.35. The maximum absolute atomic E-state index is 13.9. The molecule has 0 fully saturated rings. The molecule has 0 radical (unpaired) electrons. The molecule has 1 aliphatic heterocycles. The fourth-order valence-corrected chi connectivity index (χ4v) is 3.94. The predicted octanol–water partition coefficient (Wildman–Crippen LogP) is 5.68. The molecule has 36 heavy (non-hydrogen) atoms. The summed E-state index contributed by atoms with van der Waals surface area (Å²) in [6.45, 7) is 5.43. The van der Waals surface area contributed by atoms with Crippen LogP contribution >= 0.6 is 0 Å². The molecule has 0 saturated carbocycles. The Morgan fingerprint density at radius 1 is 1.00 bits per heavy atom. The van der Waals surface area contributed by atoms with Crippen molar-refractivity contribution in [2.75, 3.05) is 24.9 Å². The number of amides is 1. The number of hydrogen-bond donors (Lipinski definition) is 2. The highest BCUT2D eigenvalue weighted by molar-refractivity contribution is 6.07. The van der Waals surface area contributed by atoms with Crippen LogP contribution in [0.2, 0.25) is 0 Å². The number of aryl methyl sites for hydroxylation is 1. The fourth-order valence-electron chi connectivity index (χ4n) is 3.94.